The molecule has 1 aromatic carbocycles. The second kappa shape index (κ2) is 5.08. The Kier molecular flexibility index (Phi) is 4.04. The number of rotatable bonds is 4. The van der Waals surface area contributed by atoms with Gasteiger partial charge in [0.05, 0.1) is 5.56 Å². The summed E-state index contributed by atoms with van der Waals surface area (Å²) in [6.07, 6.45) is 0. The highest BCUT2D eigenvalue weighted by atomic mass is 35.5. The van der Waals surface area contributed by atoms with Crippen molar-refractivity contribution in [3.63, 3.8) is 0 Å². The van der Waals surface area contributed by atoms with Crippen molar-refractivity contribution >= 4 is 29.3 Å². The van der Waals surface area contributed by atoms with Gasteiger partial charge in [-0.05, 0) is 18.2 Å². The van der Waals surface area contributed by atoms with Gasteiger partial charge in [0.1, 0.15) is 0 Å². The zero-order chi connectivity index (χ0) is 10.6. The molecule has 0 aliphatic rings. The van der Waals surface area contributed by atoms with Crippen LogP contribution < -0.4 is 0 Å². The van der Waals surface area contributed by atoms with Crippen LogP contribution in [0, 0.1) is 0 Å². The molecule has 1 rings (SSSR count). The molecule has 0 unspecified atom stereocenters. The summed E-state index contributed by atoms with van der Waals surface area (Å²) < 4.78 is 0. The van der Waals surface area contributed by atoms with Gasteiger partial charge in [0.2, 0.25) is 0 Å². The molecule has 0 saturated heterocycles. The zero-order valence-electron chi connectivity index (χ0n) is 7.37. The number of hydrogen-bond donors (Lipinski definition) is 1. The second-order valence-electron chi connectivity index (χ2n) is 2.64. The van der Waals surface area contributed by atoms with Crippen LogP contribution >= 0.6 is 23.4 Å². The van der Waals surface area contributed by atoms with Crippen molar-refractivity contribution in [3.05, 3.63) is 41.4 Å². The average Bonchev–Trinajstić information content (AvgIpc) is 2.15. The Balaban J connectivity index is 2.73. The molecule has 4 heteroatoms. The Hall–Kier alpha value is -0.930. The van der Waals surface area contributed by atoms with Crippen LogP contribution in [0.4, 0.5) is 0 Å². The molecule has 0 bridgehead atoms. The summed E-state index contributed by atoms with van der Waals surface area (Å²) in [5.41, 5.74) is 0.287. The van der Waals surface area contributed by atoms with Gasteiger partial charge in [-0.3, -0.25) is 0 Å². The fourth-order valence-electron chi connectivity index (χ4n) is 0.881. The van der Waals surface area contributed by atoms with Gasteiger partial charge in [0.15, 0.2) is 0 Å². The Morgan fingerprint density at radius 3 is 2.86 bits per heavy atom. The molecule has 0 heterocycles. The summed E-state index contributed by atoms with van der Waals surface area (Å²) in [5.74, 6) is -0.331. The SMILES string of the molecule is C=C(Cl)CSc1cccc(C(=O)O)c1. The molecule has 0 aromatic heterocycles. The fraction of sp³-hybridized carbons (Fsp3) is 0.100. The maximum atomic E-state index is 10.6. The number of aromatic carboxylic acids is 1. The van der Waals surface area contributed by atoms with Crippen molar-refractivity contribution in [2.24, 2.45) is 0 Å². The quantitative estimate of drug-likeness (QED) is 0.804. The number of carboxylic acid groups (broad SMARTS) is 1. The minimum atomic E-state index is -0.919. The summed E-state index contributed by atoms with van der Waals surface area (Å²) in [5, 5.41) is 9.29. The first-order valence-corrected chi connectivity index (χ1v) is 5.25. The predicted molar refractivity (Wildman–Crippen MR) is 59.1 cm³/mol. The van der Waals surface area contributed by atoms with E-state index >= 15 is 0 Å². The molecular formula is C10H9ClO2S. The summed E-state index contributed by atoms with van der Waals surface area (Å²) >= 11 is 7.06. The van der Waals surface area contributed by atoms with E-state index in [1.54, 1.807) is 18.2 Å². The highest BCUT2D eigenvalue weighted by Crippen LogP contribution is 2.22. The second-order valence-corrected chi connectivity index (χ2v) is 4.22. The predicted octanol–water partition coefficient (Wildman–Crippen LogP) is 3.23. The van der Waals surface area contributed by atoms with Gasteiger partial charge in [0.25, 0.3) is 0 Å². The molecule has 0 radical (unpaired) electrons. The van der Waals surface area contributed by atoms with Crippen molar-refractivity contribution in [2.45, 2.75) is 4.90 Å². The molecular weight excluding hydrogens is 220 g/mol. The van der Waals surface area contributed by atoms with Crippen LogP contribution in [0.15, 0.2) is 40.8 Å². The molecule has 14 heavy (non-hydrogen) atoms. The molecule has 1 aromatic rings. The van der Waals surface area contributed by atoms with Crippen molar-refractivity contribution in [1.29, 1.82) is 0 Å². The number of thioether (sulfide) groups is 1. The standard InChI is InChI=1S/C10H9ClO2S/c1-7(11)6-14-9-4-2-3-8(5-9)10(12)13/h2-5H,1,6H2,(H,12,13). The van der Waals surface area contributed by atoms with E-state index in [1.807, 2.05) is 6.07 Å². The van der Waals surface area contributed by atoms with Gasteiger partial charge in [-0.15, -0.1) is 11.8 Å². The van der Waals surface area contributed by atoms with E-state index in [1.165, 1.54) is 11.8 Å². The lowest BCUT2D eigenvalue weighted by Gasteiger charge is -2.00. The van der Waals surface area contributed by atoms with Crippen LogP contribution in [0.5, 0.6) is 0 Å². The molecule has 0 aliphatic heterocycles. The highest BCUT2D eigenvalue weighted by Gasteiger charge is 2.03. The van der Waals surface area contributed by atoms with Crippen molar-refractivity contribution in [3.8, 4) is 0 Å². The first-order chi connectivity index (χ1) is 6.59. The van der Waals surface area contributed by atoms with Gasteiger partial charge in [-0.2, -0.15) is 0 Å². The number of carboxylic acids is 1. The van der Waals surface area contributed by atoms with Crippen LogP contribution in [-0.4, -0.2) is 16.8 Å². The van der Waals surface area contributed by atoms with E-state index in [-0.39, 0.29) is 5.56 Å². The average molecular weight is 229 g/mol. The normalized spacial score (nSPS) is 9.79. The molecule has 2 nitrogen and oxygen atoms in total. The topological polar surface area (TPSA) is 37.3 Å². The van der Waals surface area contributed by atoms with Crippen LogP contribution in [0.1, 0.15) is 10.4 Å². The van der Waals surface area contributed by atoms with E-state index < -0.39 is 5.97 Å². The van der Waals surface area contributed by atoms with Gasteiger partial charge in [-0.1, -0.05) is 24.2 Å². The van der Waals surface area contributed by atoms with E-state index in [0.29, 0.717) is 10.8 Å². The third-order valence-corrected chi connectivity index (χ3v) is 2.85. The third-order valence-electron chi connectivity index (χ3n) is 1.48. The molecule has 0 amide bonds. The van der Waals surface area contributed by atoms with Crippen LogP contribution in [0.25, 0.3) is 0 Å². The Labute approximate surface area is 91.6 Å². The summed E-state index contributed by atoms with van der Waals surface area (Å²) in [6, 6.07) is 6.73. The minimum Gasteiger partial charge on any atom is -0.478 e. The smallest absolute Gasteiger partial charge is 0.335 e. The zero-order valence-corrected chi connectivity index (χ0v) is 8.94. The Bertz CT molecular complexity index is 363. The number of carbonyl (C=O) groups is 1. The van der Waals surface area contributed by atoms with E-state index in [4.69, 9.17) is 16.7 Å². The van der Waals surface area contributed by atoms with Gasteiger partial charge >= 0.3 is 5.97 Å². The molecule has 0 aliphatic carbocycles. The van der Waals surface area contributed by atoms with Crippen LogP contribution in [0.3, 0.4) is 0 Å². The fourth-order valence-corrected chi connectivity index (χ4v) is 1.75. The third kappa shape index (κ3) is 3.44. The Morgan fingerprint density at radius 2 is 2.29 bits per heavy atom. The number of hydrogen-bond acceptors (Lipinski definition) is 2. The summed E-state index contributed by atoms with van der Waals surface area (Å²) in [6.45, 7) is 3.56. The first kappa shape index (κ1) is 11.1. The van der Waals surface area contributed by atoms with Crippen LogP contribution in [0.2, 0.25) is 0 Å². The number of benzene rings is 1. The van der Waals surface area contributed by atoms with E-state index in [0.717, 1.165) is 4.90 Å². The monoisotopic (exact) mass is 228 g/mol. The molecule has 1 N–H and O–H groups in total. The Morgan fingerprint density at radius 1 is 1.57 bits per heavy atom. The summed E-state index contributed by atoms with van der Waals surface area (Å²) in [4.78, 5) is 11.5. The maximum Gasteiger partial charge on any atom is 0.335 e. The van der Waals surface area contributed by atoms with Crippen molar-refractivity contribution in [2.75, 3.05) is 5.75 Å². The molecule has 0 fully saturated rings. The number of halogens is 1. The van der Waals surface area contributed by atoms with E-state index in [2.05, 4.69) is 6.58 Å². The van der Waals surface area contributed by atoms with Gasteiger partial charge in [-0.25, -0.2) is 4.79 Å². The maximum absolute atomic E-state index is 10.6. The highest BCUT2D eigenvalue weighted by molar-refractivity contribution is 7.99. The summed E-state index contributed by atoms with van der Waals surface area (Å²) in [7, 11) is 0. The van der Waals surface area contributed by atoms with Gasteiger partial charge in [0, 0.05) is 15.7 Å². The van der Waals surface area contributed by atoms with Gasteiger partial charge < -0.3 is 5.11 Å². The van der Waals surface area contributed by atoms with E-state index in [9.17, 15) is 4.79 Å². The first-order valence-electron chi connectivity index (χ1n) is 3.89. The molecule has 0 atom stereocenters. The molecule has 0 spiro atoms. The minimum absolute atomic E-state index is 0.287. The lowest BCUT2D eigenvalue weighted by molar-refractivity contribution is 0.0696. The van der Waals surface area contributed by atoms with Crippen molar-refractivity contribution < 1.29 is 9.90 Å². The lowest BCUT2D eigenvalue weighted by Crippen LogP contribution is -1.95. The lowest BCUT2D eigenvalue weighted by atomic mass is 10.2. The van der Waals surface area contributed by atoms with Crippen LogP contribution in [-0.2, 0) is 0 Å². The largest absolute Gasteiger partial charge is 0.478 e. The molecule has 0 saturated carbocycles. The molecule has 74 valence electrons. The van der Waals surface area contributed by atoms with Crippen molar-refractivity contribution in [1.82, 2.24) is 0 Å².